The maximum Gasteiger partial charge on any atom is 0.422 e. The van der Waals surface area contributed by atoms with E-state index >= 15 is 0 Å². The van der Waals surface area contributed by atoms with Gasteiger partial charge in [0.1, 0.15) is 0 Å². The van der Waals surface area contributed by atoms with Crippen molar-refractivity contribution in [1.82, 2.24) is 0 Å². The molecule has 28 heavy (non-hydrogen) atoms. The lowest BCUT2D eigenvalue weighted by atomic mass is 9.93. The number of halogens is 3. The zero-order valence-corrected chi connectivity index (χ0v) is 15.9. The van der Waals surface area contributed by atoms with Crippen LogP contribution in [-0.4, -0.2) is 21.2 Å². The van der Waals surface area contributed by atoms with Crippen LogP contribution < -0.4 is 0 Å². The van der Waals surface area contributed by atoms with Crippen molar-refractivity contribution in [3.05, 3.63) is 90.0 Å². The average Bonchev–Trinajstić information content (AvgIpc) is 2.68. The molecule has 0 saturated heterocycles. The van der Waals surface area contributed by atoms with Crippen LogP contribution in [0.2, 0.25) is 0 Å². The zero-order chi connectivity index (χ0) is 20.4. The minimum Gasteiger partial charge on any atom is -0.376 e. The fraction of sp³-hybridized carbons (Fsp3) is 0.182. The molecule has 0 fully saturated rings. The molecule has 0 aliphatic heterocycles. The van der Waals surface area contributed by atoms with E-state index < -0.39 is 28.3 Å². The van der Waals surface area contributed by atoms with Crippen molar-refractivity contribution in [2.45, 2.75) is 23.6 Å². The van der Waals surface area contributed by atoms with Crippen LogP contribution in [0.3, 0.4) is 0 Å². The molecule has 3 rings (SSSR count). The van der Waals surface area contributed by atoms with Gasteiger partial charge in [-0.2, -0.15) is 13.2 Å². The Hall–Kier alpha value is -2.44. The molecule has 0 amide bonds. The molecule has 146 valence electrons. The van der Waals surface area contributed by atoms with Gasteiger partial charge in [0.15, 0.2) is 5.60 Å². The quantitative estimate of drug-likeness (QED) is 0.633. The van der Waals surface area contributed by atoms with E-state index in [1.54, 1.807) is 12.1 Å². The van der Waals surface area contributed by atoms with Crippen molar-refractivity contribution in [2.75, 3.05) is 5.75 Å². The second-order valence-corrected chi connectivity index (χ2v) is 8.06. The van der Waals surface area contributed by atoms with Gasteiger partial charge in [0.05, 0.1) is 16.6 Å². The van der Waals surface area contributed by atoms with Crippen LogP contribution in [0.5, 0.6) is 0 Å². The molecular formula is C22H19F3O2S. The molecule has 2 atom stereocenters. The number of rotatable bonds is 5. The summed E-state index contributed by atoms with van der Waals surface area (Å²) in [6.45, 7) is 1.83. The SMILES string of the molecule is Cc1ccc(S(=O)CC(O)(c2ccc(-c3ccccc3)cc2)C(F)(F)F)cc1. The summed E-state index contributed by atoms with van der Waals surface area (Å²) in [5.41, 5.74) is -1.05. The second kappa shape index (κ2) is 7.89. The molecule has 0 spiro atoms. The molecule has 0 heterocycles. The smallest absolute Gasteiger partial charge is 0.376 e. The fourth-order valence-corrected chi connectivity index (χ4v) is 4.18. The minimum atomic E-state index is -4.97. The molecule has 2 unspecified atom stereocenters. The van der Waals surface area contributed by atoms with Crippen molar-refractivity contribution < 1.29 is 22.5 Å². The monoisotopic (exact) mass is 404 g/mol. The summed E-state index contributed by atoms with van der Waals surface area (Å²) in [5, 5.41) is 10.5. The van der Waals surface area contributed by atoms with Gasteiger partial charge in [-0.15, -0.1) is 0 Å². The van der Waals surface area contributed by atoms with Crippen LogP contribution in [0, 0.1) is 6.92 Å². The van der Waals surface area contributed by atoms with Crippen molar-refractivity contribution in [1.29, 1.82) is 0 Å². The first-order valence-corrected chi connectivity index (χ1v) is 9.93. The molecular weight excluding hydrogens is 385 g/mol. The van der Waals surface area contributed by atoms with Gasteiger partial charge in [-0.1, -0.05) is 72.3 Å². The number of alkyl halides is 3. The lowest BCUT2D eigenvalue weighted by molar-refractivity contribution is -0.256. The highest BCUT2D eigenvalue weighted by Gasteiger charge is 2.56. The third-order valence-corrected chi connectivity index (χ3v) is 6.04. The van der Waals surface area contributed by atoms with Crippen LogP contribution in [0.1, 0.15) is 11.1 Å². The minimum absolute atomic E-state index is 0.245. The highest BCUT2D eigenvalue weighted by atomic mass is 32.2. The average molecular weight is 404 g/mol. The molecule has 2 nitrogen and oxygen atoms in total. The van der Waals surface area contributed by atoms with Gasteiger partial charge < -0.3 is 5.11 Å². The van der Waals surface area contributed by atoms with E-state index in [4.69, 9.17) is 0 Å². The molecule has 0 radical (unpaired) electrons. The van der Waals surface area contributed by atoms with Gasteiger partial charge in [0, 0.05) is 4.90 Å². The molecule has 0 saturated carbocycles. The van der Waals surface area contributed by atoms with Gasteiger partial charge in [0.25, 0.3) is 0 Å². The Bertz CT molecular complexity index is 952. The van der Waals surface area contributed by atoms with E-state index in [0.29, 0.717) is 0 Å². The van der Waals surface area contributed by atoms with E-state index in [9.17, 15) is 22.5 Å². The second-order valence-electron chi connectivity index (χ2n) is 6.60. The third kappa shape index (κ3) is 4.18. The van der Waals surface area contributed by atoms with Gasteiger partial charge >= 0.3 is 6.18 Å². The summed E-state index contributed by atoms with van der Waals surface area (Å²) in [6, 6.07) is 21.1. The summed E-state index contributed by atoms with van der Waals surface area (Å²) in [6.07, 6.45) is -4.97. The van der Waals surface area contributed by atoms with Crippen molar-refractivity contribution >= 4 is 10.8 Å². The fourth-order valence-electron chi connectivity index (χ4n) is 2.86. The molecule has 6 heteroatoms. The number of hydrogen-bond acceptors (Lipinski definition) is 2. The summed E-state index contributed by atoms with van der Waals surface area (Å²) in [5.74, 6) is -0.968. The Labute approximate surface area is 164 Å². The maximum atomic E-state index is 13.8. The molecule has 0 aliphatic rings. The molecule has 0 aliphatic carbocycles. The van der Waals surface area contributed by atoms with Gasteiger partial charge in [-0.3, -0.25) is 4.21 Å². The normalized spacial score (nSPS) is 15.0. The Morgan fingerprint density at radius 3 is 1.89 bits per heavy atom. The van der Waals surface area contributed by atoms with E-state index in [1.165, 1.54) is 36.4 Å². The first-order valence-electron chi connectivity index (χ1n) is 8.61. The van der Waals surface area contributed by atoms with E-state index in [1.807, 2.05) is 37.3 Å². The first kappa shape index (κ1) is 20.3. The van der Waals surface area contributed by atoms with E-state index in [0.717, 1.165) is 16.7 Å². The number of aliphatic hydroxyl groups is 1. The summed E-state index contributed by atoms with van der Waals surface area (Å²) < 4.78 is 53.8. The predicted molar refractivity (Wildman–Crippen MR) is 104 cm³/mol. The summed E-state index contributed by atoms with van der Waals surface area (Å²) >= 11 is 0. The highest BCUT2D eigenvalue weighted by molar-refractivity contribution is 7.85. The Morgan fingerprint density at radius 2 is 1.36 bits per heavy atom. The van der Waals surface area contributed by atoms with Crippen molar-refractivity contribution in [3.8, 4) is 11.1 Å². The Balaban J connectivity index is 1.93. The van der Waals surface area contributed by atoms with Crippen LogP contribution in [-0.2, 0) is 16.4 Å². The maximum absolute atomic E-state index is 13.8. The van der Waals surface area contributed by atoms with Crippen LogP contribution >= 0.6 is 0 Å². The zero-order valence-electron chi connectivity index (χ0n) is 15.1. The molecule has 0 aromatic heterocycles. The highest BCUT2D eigenvalue weighted by Crippen LogP contribution is 2.41. The number of aryl methyl sites for hydroxylation is 1. The Kier molecular flexibility index (Phi) is 5.72. The summed E-state index contributed by atoms with van der Waals surface area (Å²) in [4.78, 5) is 0.245. The largest absolute Gasteiger partial charge is 0.422 e. The molecule has 3 aromatic rings. The number of benzene rings is 3. The molecule has 3 aromatic carbocycles. The molecule has 1 N–H and O–H groups in total. The van der Waals surface area contributed by atoms with Gasteiger partial charge in [0.2, 0.25) is 0 Å². The van der Waals surface area contributed by atoms with Crippen LogP contribution in [0.4, 0.5) is 13.2 Å². The Morgan fingerprint density at radius 1 is 0.821 bits per heavy atom. The van der Waals surface area contributed by atoms with Crippen LogP contribution in [0.15, 0.2) is 83.8 Å². The topological polar surface area (TPSA) is 37.3 Å². The summed E-state index contributed by atoms with van der Waals surface area (Å²) in [7, 11) is -2.02. The number of hydrogen-bond donors (Lipinski definition) is 1. The third-order valence-electron chi connectivity index (χ3n) is 4.56. The van der Waals surface area contributed by atoms with E-state index in [2.05, 4.69) is 0 Å². The van der Waals surface area contributed by atoms with Crippen molar-refractivity contribution in [3.63, 3.8) is 0 Å². The standard InChI is InChI=1S/C22H19F3O2S/c1-16-7-13-20(14-8-16)28(27)15-21(26,22(23,24)25)19-11-9-18(10-12-19)17-5-3-2-4-6-17/h2-14,26H,15H2,1H3. The lowest BCUT2D eigenvalue weighted by Gasteiger charge is -2.30. The molecule has 0 bridgehead atoms. The van der Waals surface area contributed by atoms with Gasteiger partial charge in [-0.05, 0) is 35.7 Å². The van der Waals surface area contributed by atoms with E-state index in [-0.39, 0.29) is 10.5 Å². The lowest BCUT2D eigenvalue weighted by Crippen LogP contribution is -2.46. The first-order chi connectivity index (χ1) is 13.2. The van der Waals surface area contributed by atoms with Crippen molar-refractivity contribution in [2.24, 2.45) is 0 Å². The van der Waals surface area contributed by atoms with Crippen LogP contribution in [0.25, 0.3) is 11.1 Å². The van der Waals surface area contributed by atoms with Gasteiger partial charge in [-0.25, -0.2) is 0 Å². The predicted octanol–water partition coefficient (Wildman–Crippen LogP) is 5.22.